The summed E-state index contributed by atoms with van der Waals surface area (Å²) in [5.74, 6) is 0.181. The smallest absolute Gasteiger partial charge is 0.345 e. The Kier molecular flexibility index (Phi) is 5.55. The Morgan fingerprint density at radius 2 is 1.58 bits per heavy atom. The van der Waals surface area contributed by atoms with Crippen LogP contribution in [0, 0.1) is 5.82 Å². The van der Waals surface area contributed by atoms with Crippen LogP contribution in [0.3, 0.4) is 0 Å². The number of rotatable bonds is 4. The van der Waals surface area contributed by atoms with E-state index in [2.05, 4.69) is 0 Å². The minimum absolute atomic E-state index is 0.311. The molecule has 0 aliphatic heterocycles. The molecule has 2 heterocycles. The van der Waals surface area contributed by atoms with Gasteiger partial charge < -0.3 is 4.42 Å². The molecule has 36 heavy (non-hydrogen) atoms. The van der Waals surface area contributed by atoms with E-state index in [1.165, 1.54) is 12.1 Å². The predicted octanol–water partition coefficient (Wildman–Crippen LogP) is 7.45. The zero-order valence-corrected chi connectivity index (χ0v) is 19.7. The highest BCUT2D eigenvalue weighted by atomic mass is 35.5. The van der Waals surface area contributed by atoms with Gasteiger partial charge in [-0.1, -0.05) is 66.2 Å². The summed E-state index contributed by atoms with van der Waals surface area (Å²) in [6.45, 7) is 0. The molecule has 0 spiro atoms. The lowest BCUT2D eigenvalue weighted by Crippen LogP contribution is -2.07. The molecule has 0 aliphatic rings. The molecule has 0 saturated carbocycles. The van der Waals surface area contributed by atoms with Gasteiger partial charge in [0.05, 0.1) is 17.0 Å². The third-order valence-corrected chi connectivity index (χ3v) is 6.32. The first-order chi connectivity index (χ1) is 17.5. The Labute approximate surface area is 210 Å². The van der Waals surface area contributed by atoms with Gasteiger partial charge in [-0.05, 0) is 58.8 Å². The van der Waals surface area contributed by atoms with Crippen LogP contribution in [-0.2, 0) is 6.42 Å². The van der Waals surface area contributed by atoms with Crippen molar-refractivity contribution in [2.75, 3.05) is 0 Å². The van der Waals surface area contributed by atoms with E-state index >= 15 is 0 Å². The second-order valence-electron chi connectivity index (χ2n) is 8.51. The van der Waals surface area contributed by atoms with Crippen LogP contribution in [0.5, 0.6) is 0 Å². The van der Waals surface area contributed by atoms with Crippen molar-refractivity contribution >= 4 is 33.3 Å². The standard InChI is InChI=1S/C30H18ClFN2O2/c31-21-6-3-5-20(15-21)26-17-27(34-29(33-26)14-18-8-11-22(32)12-9-18)25-16-24-23-7-2-1-4-19(23)10-13-28(24)36-30(25)35/h1-13,15-17H,14H2. The van der Waals surface area contributed by atoms with Gasteiger partial charge in [0, 0.05) is 22.4 Å². The first-order valence-corrected chi connectivity index (χ1v) is 11.8. The predicted molar refractivity (Wildman–Crippen MR) is 141 cm³/mol. The normalized spacial score (nSPS) is 11.3. The SMILES string of the molecule is O=c1oc2ccc3ccccc3c2cc1-c1cc(-c2cccc(Cl)c2)nc(Cc2ccc(F)cc2)n1. The molecule has 4 nitrogen and oxygen atoms in total. The van der Waals surface area contributed by atoms with E-state index in [1.807, 2.05) is 54.6 Å². The third kappa shape index (κ3) is 4.25. The first kappa shape index (κ1) is 22.1. The Hall–Kier alpha value is -4.35. The third-order valence-electron chi connectivity index (χ3n) is 6.09. The molecule has 4 aromatic carbocycles. The Bertz CT molecular complexity index is 1810. The number of aromatic nitrogens is 2. The summed E-state index contributed by atoms with van der Waals surface area (Å²) >= 11 is 6.24. The fourth-order valence-electron chi connectivity index (χ4n) is 4.34. The van der Waals surface area contributed by atoms with Crippen LogP contribution >= 0.6 is 11.6 Å². The summed E-state index contributed by atoms with van der Waals surface area (Å²) in [6, 6.07) is 28.8. The maximum atomic E-state index is 13.4. The maximum Gasteiger partial charge on any atom is 0.345 e. The van der Waals surface area contributed by atoms with Crippen molar-refractivity contribution < 1.29 is 8.81 Å². The van der Waals surface area contributed by atoms with E-state index in [0.717, 1.165) is 27.3 Å². The highest BCUT2D eigenvalue weighted by molar-refractivity contribution is 6.30. The molecule has 2 aromatic heterocycles. The molecule has 0 aliphatic carbocycles. The van der Waals surface area contributed by atoms with Crippen LogP contribution in [0.25, 0.3) is 44.3 Å². The minimum atomic E-state index is -0.485. The van der Waals surface area contributed by atoms with E-state index in [0.29, 0.717) is 39.8 Å². The van der Waals surface area contributed by atoms with Crippen LogP contribution in [0.4, 0.5) is 4.39 Å². The number of nitrogens with zero attached hydrogens (tertiary/aromatic N) is 2. The van der Waals surface area contributed by atoms with Crippen LogP contribution < -0.4 is 5.63 Å². The van der Waals surface area contributed by atoms with Gasteiger partial charge in [-0.15, -0.1) is 0 Å². The average Bonchev–Trinajstić information content (AvgIpc) is 2.89. The summed E-state index contributed by atoms with van der Waals surface area (Å²) in [6.07, 6.45) is 0.365. The van der Waals surface area contributed by atoms with Crippen LogP contribution in [-0.4, -0.2) is 9.97 Å². The first-order valence-electron chi connectivity index (χ1n) is 11.4. The zero-order chi connectivity index (χ0) is 24.6. The second kappa shape index (κ2) is 9.02. The number of benzene rings is 4. The van der Waals surface area contributed by atoms with Crippen LogP contribution in [0.2, 0.25) is 5.02 Å². The van der Waals surface area contributed by atoms with E-state index in [4.69, 9.17) is 26.0 Å². The van der Waals surface area contributed by atoms with Crippen molar-refractivity contribution in [1.82, 2.24) is 9.97 Å². The molecule has 0 N–H and O–H groups in total. The van der Waals surface area contributed by atoms with E-state index in [9.17, 15) is 9.18 Å². The summed E-state index contributed by atoms with van der Waals surface area (Å²) in [7, 11) is 0. The molecule has 0 amide bonds. The van der Waals surface area contributed by atoms with Gasteiger partial charge in [0.2, 0.25) is 0 Å². The maximum absolute atomic E-state index is 13.4. The van der Waals surface area contributed by atoms with Gasteiger partial charge in [-0.2, -0.15) is 0 Å². The van der Waals surface area contributed by atoms with Crippen molar-refractivity contribution in [2.24, 2.45) is 0 Å². The van der Waals surface area contributed by atoms with Gasteiger partial charge in [-0.3, -0.25) is 0 Å². The molecule has 0 unspecified atom stereocenters. The topological polar surface area (TPSA) is 56.0 Å². The summed E-state index contributed by atoms with van der Waals surface area (Å²) < 4.78 is 19.1. The summed E-state index contributed by atoms with van der Waals surface area (Å²) in [4.78, 5) is 22.5. The van der Waals surface area contributed by atoms with Gasteiger partial charge in [0.25, 0.3) is 0 Å². The number of fused-ring (bicyclic) bond motifs is 3. The molecule has 6 aromatic rings. The van der Waals surface area contributed by atoms with Crippen molar-refractivity contribution in [2.45, 2.75) is 6.42 Å². The van der Waals surface area contributed by atoms with Gasteiger partial charge in [0.15, 0.2) is 0 Å². The van der Waals surface area contributed by atoms with Gasteiger partial charge in [-0.25, -0.2) is 19.2 Å². The summed E-state index contributed by atoms with van der Waals surface area (Å²) in [5, 5.41) is 3.43. The summed E-state index contributed by atoms with van der Waals surface area (Å²) in [5.41, 5.74) is 3.08. The van der Waals surface area contributed by atoms with E-state index < -0.39 is 5.63 Å². The van der Waals surface area contributed by atoms with Crippen LogP contribution in [0.15, 0.2) is 106 Å². The fourth-order valence-corrected chi connectivity index (χ4v) is 4.54. The minimum Gasteiger partial charge on any atom is -0.422 e. The molecule has 0 atom stereocenters. The highest BCUT2D eigenvalue weighted by Crippen LogP contribution is 2.30. The molecule has 174 valence electrons. The van der Waals surface area contributed by atoms with Crippen molar-refractivity contribution in [1.29, 1.82) is 0 Å². The second-order valence-corrected chi connectivity index (χ2v) is 8.95. The molecule has 6 heteroatoms. The fraction of sp³-hybridized carbons (Fsp3) is 0.0333. The lowest BCUT2D eigenvalue weighted by molar-refractivity contribution is 0.563. The Morgan fingerprint density at radius 3 is 2.42 bits per heavy atom. The number of hydrogen-bond acceptors (Lipinski definition) is 4. The van der Waals surface area contributed by atoms with E-state index in [-0.39, 0.29) is 5.82 Å². The molecule has 0 radical (unpaired) electrons. The van der Waals surface area contributed by atoms with Gasteiger partial charge in [0.1, 0.15) is 17.2 Å². The molecule has 0 saturated heterocycles. The average molecular weight is 493 g/mol. The molecular weight excluding hydrogens is 475 g/mol. The Morgan fingerprint density at radius 1 is 0.778 bits per heavy atom. The monoisotopic (exact) mass is 492 g/mol. The lowest BCUT2D eigenvalue weighted by Gasteiger charge is -2.10. The van der Waals surface area contributed by atoms with Crippen molar-refractivity contribution in [3.63, 3.8) is 0 Å². The van der Waals surface area contributed by atoms with Gasteiger partial charge >= 0.3 is 5.63 Å². The molecular formula is C30H18ClFN2O2. The largest absolute Gasteiger partial charge is 0.422 e. The highest BCUT2D eigenvalue weighted by Gasteiger charge is 2.15. The number of hydrogen-bond donors (Lipinski definition) is 0. The van der Waals surface area contributed by atoms with E-state index in [1.54, 1.807) is 30.3 Å². The van der Waals surface area contributed by atoms with Crippen molar-refractivity contribution in [3.05, 3.63) is 130 Å². The number of halogens is 2. The Balaban J connectivity index is 1.56. The molecule has 0 bridgehead atoms. The molecule has 6 rings (SSSR count). The van der Waals surface area contributed by atoms with Crippen molar-refractivity contribution in [3.8, 4) is 22.5 Å². The molecule has 0 fully saturated rings. The quantitative estimate of drug-likeness (QED) is 0.189. The van der Waals surface area contributed by atoms with Crippen LogP contribution in [0.1, 0.15) is 11.4 Å². The lowest BCUT2D eigenvalue weighted by atomic mass is 10.0. The zero-order valence-electron chi connectivity index (χ0n) is 18.9.